The minimum absolute atomic E-state index is 0.227. The van der Waals surface area contributed by atoms with E-state index in [2.05, 4.69) is 5.32 Å². The number of nitrogens with one attached hydrogen (secondary N) is 1. The highest BCUT2D eigenvalue weighted by atomic mass is 19.4. The number of hydrogen-bond acceptors (Lipinski definition) is 4. The Morgan fingerprint density at radius 3 is 2.63 bits per heavy atom. The fourth-order valence-electron chi connectivity index (χ4n) is 3.85. The van der Waals surface area contributed by atoms with E-state index in [4.69, 9.17) is 9.47 Å². The van der Waals surface area contributed by atoms with Crippen molar-refractivity contribution in [1.82, 2.24) is 4.90 Å². The number of benzene rings is 1. The Morgan fingerprint density at radius 1 is 1.22 bits per heavy atom. The third-order valence-electron chi connectivity index (χ3n) is 5.12. The van der Waals surface area contributed by atoms with Crippen molar-refractivity contribution in [3.05, 3.63) is 18.2 Å². The molecule has 6 nitrogen and oxygen atoms in total. The number of alkyl halides is 3. The van der Waals surface area contributed by atoms with Crippen molar-refractivity contribution >= 4 is 17.5 Å². The molecule has 2 heterocycles. The van der Waals surface area contributed by atoms with Gasteiger partial charge in [0.15, 0.2) is 11.5 Å². The van der Waals surface area contributed by atoms with Gasteiger partial charge in [-0.1, -0.05) is 0 Å². The first kappa shape index (κ1) is 17.9. The molecule has 1 aromatic carbocycles. The molecule has 3 aliphatic rings. The molecule has 1 aromatic rings. The van der Waals surface area contributed by atoms with E-state index in [0.717, 1.165) is 25.7 Å². The minimum Gasteiger partial charge on any atom is -0.448 e. The van der Waals surface area contributed by atoms with Crippen LogP contribution in [0.1, 0.15) is 32.1 Å². The Kier molecular flexibility index (Phi) is 4.20. The van der Waals surface area contributed by atoms with Gasteiger partial charge in [-0.3, -0.25) is 9.59 Å². The fourth-order valence-corrected chi connectivity index (χ4v) is 3.85. The van der Waals surface area contributed by atoms with Crippen LogP contribution in [0.2, 0.25) is 0 Å². The van der Waals surface area contributed by atoms with Crippen molar-refractivity contribution in [2.45, 2.75) is 44.1 Å². The molecule has 1 N–H and O–H groups in total. The molecule has 1 unspecified atom stereocenters. The van der Waals surface area contributed by atoms with E-state index < -0.39 is 36.2 Å². The van der Waals surface area contributed by atoms with E-state index in [1.165, 1.54) is 0 Å². The van der Waals surface area contributed by atoms with Gasteiger partial charge in [0.05, 0.1) is 5.92 Å². The summed E-state index contributed by atoms with van der Waals surface area (Å²) >= 11 is 0. The number of halogens is 3. The molecular weight excluding hydrogens is 365 g/mol. The third kappa shape index (κ3) is 3.68. The molecule has 1 saturated carbocycles. The van der Waals surface area contributed by atoms with Crippen LogP contribution in [-0.4, -0.2) is 41.8 Å². The van der Waals surface area contributed by atoms with Crippen molar-refractivity contribution in [3.63, 3.8) is 0 Å². The number of nitrogens with zero attached hydrogens (tertiary/aromatic N) is 1. The maximum absolute atomic E-state index is 12.5. The second-order valence-electron chi connectivity index (χ2n) is 7.26. The van der Waals surface area contributed by atoms with Crippen molar-refractivity contribution in [1.29, 1.82) is 0 Å². The average Bonchev–Trinajstić information content (AvgIpc) is 3.26. The van der Waals surface area contributed by atoms with Crippen LogP contribution in [0, 0.1) is 5.92 Å². The van der Waals surface area contributed by atoms with Crippen molar-refractivity contribution < 1.29 is 32.2 Å². The number of carbonyl (C=O) groups excluding carboxylic acids is 2. The number of hydrogen-bond donors (Lipinski definition) is 1. The largest absolute Gasteiger partial charge is 0.448 e. The highest BCUT2D eigenvalue weighted by Gasteiger charge is 2.44. The van der Waals surface area contributed by atoms with E-state index in [-0.39, 0.29) is 13.0 Å². The lowest BCUT2D eigenvalue weighted by Gasteiger charge is -2.21. The van der Waals surface area contributed by atoms with Gasteiger partial charge in [0.25, 0.3) is 5.79 Å². The predicted octanol–water partition coefficient (Wildman–Crippen LogP) is 3.08. The van der Waals surface area contributed by atoms with E-state index in [9.17, 15) is 22.8 Å². The summed E-state index contributed by atoms with van der Waals surface area (Å²) in [5.41, 5.74) is 0.458. The predicted molar refractivity (Wildman–Crippen MR) is 88.3 cm³/mol. The maximum Gasteiger partial charge on any atom is 0.406 e. The molecule has 146 valence electrons. The van der Waals surface area contributed by atoms with Gasteiger partial charge in [-0.2, -0.15) is 13.2 Å². The quantitative estimate of drug-likeness (QED) is 0.870. The Morgan fingerprint density at radius 2 is 1.93 bits per heavy atom. The average molecular weight is 384 g/mol. The standard InChI is InChI=1S/C18H19F3N2O4/c19-18(20,21)10-23-9-11(7-15(23)24)16(25)22-12-3-4-13-14(8-12)27-17(26-13)5-1-2-6-17/h3-4,8,11H,1-2,5-7,9-10H2,(H,22,25). The smallest absolute Gasteiger partial charge is 0.406 e. The Bertz CT molecular complexity index is 774. The number of likely N-dealkylation sites (tertiary alicyclic amines) is 1. The first-order valence-electron chi connectivity index (χ1n) is 8.91. The summed E-state index contributed by atoms with van der Waals surface area (Å²) in [7, 11) is 0. The summed E-state index contributed by atoms with van der Waals surface area (Å²) in [6.07, 6.45) is -1.03. The molecule has 0 aromatic heterocycles. The summed E-state index contributed by atoms with van der Waals surface area (Å²) < 4.78 is 49.3. The highest BCUT2D eigenvalue weighted by Crippen LogP contribution is 2.47. The summed E-state index contributed by atoms with van der Waals surface area (Å²) in [6.45, 7) is -1.57. The van der Waals surface area contributed by atoms with Crippen LogP contribution in [0.4, 0.5) is 18.9 Å². The fraction of sp³-hybridized carbons (Fsp3) is 0.556. The summed E-state index contributed by atoms with van der Waals surface area (Å²) in [5, 5.41) is 2.66. The number of ether oxygens (including phenoxy) is 2. The molecule has 2 aliphatic heterocycles. The third-order valence-corrected chi connectivity index (χ3v) is 5.12. The number of anilines is 1. The second kappa shape index (κ2) is 6.31. The van der Waals surface area contributed by atoms with E-state index in [1.807, 2.05) is 0 Å². The molecule has 1 saturated heterocycles. The zero-order chi connectivity index (χ0) is 19.2. The lowest BCUT2D eigenvalue weighted by atomic mass is 10.1. The zero-order valence-corrected chi connectivity index (χ0v) is 14.5. The lowest BCUT2D eigenvalue weighted by molar-refractivity contribution is -0.157. The van der Waals surface area contributed by atoms with E-state index in [0.29, 0.717) is 22.1 Å². The monoisotopic (exact) mass is 384 g/mol. The Labute approximate surface area is 153 Å². The van der Waals surface area contributed by atoms with Crippen LogP contribution in [0.5, 0.6) is 11.5 Å². The molecule has 0 radical (unpaired) electrons. The van der Waals surface area contributed by atoms with E-state index >= 15 is 0 Å². The number of amides is 2. The summed E-state index contributed by atoms with van der Waals surface area (Å²) in [5.74, 6) is -1.42. The molecule has 27 heavy (non-hydrogen) atoms. The minimum atomic E-state index is -4.48. The molecule has 1 atom stereocenters. The Hall–Kier alpha value is -2.45. The zero-order valence-electron chi connectivity index (χ0n) is 14.5. The molecule has 2 fully saturated rings. The van der Waals surface area contributed by atoms with Gasteiger partial charge in [-0.25, -0.2) is 0 Å². The lowest BCUT2D eigenvalue weighted by Crippen LogP contribution is -2.36. The second-order valence-corrected chi connectivity index (χ2v) is 7.26. The normalized spacial score (nSPS) is 23.3. The molecular formula is C18H19F3N2O4. The van der Waals surface area contributed by atoms with E-state index in [1.54, 1.807) is 18.2 Å². The van der Waals surface area contributed by atoms with Crippen LogP contribution in [0.3, 0.4) is 0 Å². The molecule has 4 rings (SSSR count). The number of carbonyl (C=O) groups is 2. The molecule has 1 spiro atoms. The van der Waals surface area contributed by atoms with Gasteiger partial charge < -0.3 is 19.7 Å². The molecule has 0 bridgehead atoms. The van der Waals surface area contributed by atoms with Crippen molar-refractivity contribution in [3.8, 4) is 11.5 Å². The molecule has 1 aliphatic carbocycles. The van der Waals surface area contributed by atoms with Gasteiger partial charge in [-0.05, 0) is 25.0 Å². The summed E-state index contributed by atoms with van der Waals surface area (Å²) in [6, 6.07) is 5.00. The van der Waals surface area contributed by atoms with Crippen LogP contribution in [-0.2, 0) is 9.59 Å². The van der Waals surface area contributed by atoms with Crippen LogP contribution in [0.25, 0.3) is 0 Å². The Balaban J connectivity index is 1.39. The number of rotatable bonds is 3. The van der Waals surface area contributed by atoms with Crippen LogP contribution >= 0.6 is 0 Å². The van der Waals surface area contributed by atoms with Gasteiger partial charge in [0.2, 0.25) is 11.8 Å². The van der Waals surface area contributed by atoms with Crippen molar-refractivity contribution in [2.75, 3.05) is 18.4 Å². The SMILES string of the molecule is O=C(Nc1ccc2c(c1)OC1(CCCC1)O2)C1CC(=O)N(CC(F)(F)F)C1. The van der Waals surface area contributed by atoms with Crippen molar-refractivity contribution in [2.24, 2.45) is 5.92 Å². The van der Waals surface area contributed by atoms with Gasteiger partial charge in [-0.15, -0.1) is 0 Å². The number of fused-ring (bicyclic) bond motifs is 1. The van der Waals surface area contributed by atoms with Crippen LogP contribution < -0.4 is 14.8 Å². The molecule has 9 heteroatoms. The maximum atomic E-state index is 12.5. The topological polar surface area (TPSA) is 67.9 Å². The first-order valence-corrected chi connectivity index (χ1v) is 8.91. The van der Waals surface area contributed by atoms with Gasteiger partial charge >= 0.3 is 6.18 Å². The highest BCUT2D eigenvalue weighted by molar-refractivity contribution is 5.97. The summed E-state index contributed by atoms with van der Waals surface area (Å²) in [4.78, 5) is 24.8. The van der Waals surface area contributed by atoms with Gasteiger partial charge in [0, 0.05) is 37.6 Å². The molecule has 2 amide bonds. The first-order chi connectivity index (χ1) is 12.7. The van der Waals surface area contributed by atoms with Gasteiger partial charge in [0.1, 0.15) is 6.54 Å². The van der Waals surface area contributed by atoms with Crippen LogP contribution in [0.15, 0.2) is 18.2 Å².